The number of carbonyl (C=O) groups is 2. The van der Waals surface area contributed by atoms with Crippen LogP contribution in [0.25, 0.3) is 0 Å². The number of benzene rings is 1. The van der Waals surface area contributed by atoms with Gasteiger partial charge in [-0.05, 0) is 12.1 Å². The fraction of sp³-hybridized carbons (Fsp3) is 0. The molecule has 86 valence electrons. The topological polar surface area (TPSA) is 67.5 Å². The monoisotopic (exact) mass is 268 g/mol. The molecule has 1 aromatic heterocycles. The first-order valence-electron chi connectivity index (χ1n) is 4.61. The Morgan fingerprint density at radius 3 is 2.06 bits per heavy atom. The zero-order chi connectivity index (χ0) is 11.5. The van der Waals surface area contributed by atoms with Crippen LogP contribution in [0.2, 0.25) is 0 Å². The summed E-state index contributed by atoms with van der Waals surface area (Å²) in [6.45, 7) is 0. The summed E-state index contributed by atoms with van der Waals surface area (Å²) in [7, 11) is 0. The molecule has 0 aliphatic heterocycles. The fourth-order valence-electron chi connectivity index (χ4n) is 1.31. The van der Waals surface area contributed by atoms with Crippen LogP contribution in [-0.4, -0.2) is 16.9 Å². The molecular formula is C12H8CrO4. The first-order valence-corrected chi connectivity index (χ1v) is 4.61. The quantitative estimate of drug-likeness (QED) is 0.866. The van der Waals surface area contributed by atoms with E-state index >= 15 is 0 Å². The third-order valence-corrected chi connectivity index (χ3v) is 2.08. The van der Waals surface area contributed by atoms with Gasteiger partial charge in [-0.2, -0.15) is 0 Å². The largest absolute Gasteiger partial charge is 0.475 e. The predicted octanol–water partition coefficient (Wildman–Crippen LogP) is 2.21. The molecule has 0 bridgehead atoms. The molecule has 2 aromatic rings. The van der Waals surface area contributed by atoms with Gasteiger partial charge in [0, 0.05) is 22.9 Å². The zero-order valence-electron chi connectivity index (χ0n) is 8.62. The van der Waals surface area contributed by atoms with Crippen LogP contribution in [-0.2, 0) is 17.4 Å². The van der Waals surface area contributed by atoms with Crippen LogP contribution in [0.15, 0.2) is 46.9 Å². The van der Waals surface area contributed by atoms with Gasteiger partial charge in [-0.1, -0.05) is 30.3 Å². The molecule has 1 N–H and O–H groups in total. The van der Waals surface area contributed by atoms with E-state index in [2.05, 4.69) is 0 Å². The van der Waals surface area contributed by atoms with E-state index in [0.717, 1.165) is 0 Å². The van der Waals surface area contributed by atoms with E-state index in [1.807, 2.05) is 0 Å². The summed E-state index contributed by atoms with van der Waals surface area (Å²) in [5.74, 6) is -1.72. The molecule has 0 unspecified atom stereocenters. The van der Waals surface area contributed by atoms with E-state index in [1.165, 1.54) is 12.1 Å². The van der Waals surface area contributed by atoms with E-state index in [4.69, 9.17) is 9.52 Å². The fourth-order valence-corrected chi connectivity index (χ4v) is 1.31. The molecule has 1 heterocycles. The summed E-state index contributed by atoms with van der Waals surface area (Å²) in [6, 6.07) is 11.2. The van der Waals surface area contributed by atoms with Crippen LogP contribution in [0.1, 0.15) is 26.7 Å². The van der Waals surface area contributed by atoms with Crippen molar-refractivity contribution in [2.45, 2.75) is 0 Å². The minimum atomic E-state index is -1.19. The standard InChI is InChI=1S/C12H8O4.Cr/c13-11(8-4-2-1-3-5-8)9-6-7-10(16-9)12(14)15;/h1-7H,(H,14,15);. The van der Waals surface area contributed by atoms with Gasteiger partial charge in [0.25, 0.3) is 0 Å². The summed E-state index contributed by atoms with van der Waals surface area (Å²) < 4.78 is 4.91. The molecule has 0 amide bonds. The average Bonchev–Trinajstić information content (AvgIpc) is 2.78. The molecule has 0 fully saturated rings. The van der Waals surface area contributed by atoms with Crippen molar-refractivity contribution in [3.63, 3.8) is 0 Å². The van der Waals surface area contributed by atoms with Crippen molar-refractivity contribution >= 4 is 11.8 Å². The average molecular weight is 268 g/mol. The van der Waals surface area contributed by atoms with Gasteiger partial charge in [0.05, 0.1) is 0 Å². The Morgan fingerprint density at radius 1 is 0.941 bits per heavy atom. The first-order chi connectivity index (χ1) is 7.68. The third kappa shape index (κ3) is 2.84. The Kier molecular flexibility index (Phi) is 4.27. The molecule has 0 aliphatic rings. The van der Waals surface area contributed by atoms with Crippen LogP contribution < -0.4 is 0 Å². The predicted molar refractivity (Wildman–Crippen MR) is 55.5 cm³/mol. The van der Waals surface area contributed by atoms with E-state index in [0.29, 0.717) is 5.56 Å². The molecule has 0 atom stereocenters. The third-order valence-electron chi connectivity index (χ3n) is 2.08. The SMILES string of the molecule is O=C(O)c1ccc(C(=O)c2ccccc2)o1.[Cr]. The Balaban J connectivity index is 0.00000144. The molecule has 2 rings (SSSR count). The van der Waals surface area contributed by atoms with Crippen molar-refractivity contribution in [3.05, 3.63) is 59.5 Å². The number of carboxylic acid groups (broad SMARTS) is 1. The molecule has 4 nitrogen and oxygen atoms in total. The number of furan rings is 1. The normalized spacial score (nSPS) is 9.41. The van der Waals surface area contributed by atoms with Crippen molar-refractivity contribution in [1.82, 2.24) is 0 Å². The molecule has 0 aliphatic carbocycles. The second-order valence-electron chi connectivity index (χ2n) is 3.16. The molecule has 0 saturated heterocycles. The number of ketones is 1. The molecule has 0 spiro atoms. The Morgan fingerprint density at radius 2 is 1.53 bits per heavy atom. The molecular weight excluding hydrogens is 260 g/mol. The second-order valence-corrected chi connectivity index (χ2v) is 3.16. The summed E-state index contributed by atoms with van der Waals surface area (Å²) in [4.78, 5) is 22.4. The number of hydrogen-bond donors (Lipinski definition) is 1. The summed E-state index contributed by atoms with van der Waals surface area (Å²) in [6.07, 6.45) is 0. The van der Waals surface area contributed by atoms with Gasteiger partial charge < -0.3 is 9.52 Å². The van der Waals surface area contributed by atoms with Crippen LogP contribution in [0.3, 0.4) is 0 Å². The van der Waals surface area contributed by atoms with E-state index < -0.39 is 5.97 Å². The maximum Gasteiger partial charge on any atom is 0.371 e. The Hall–Kier alpha value is -1.83. The minimum Gasteiger partial charge on any atom is -0.475 e. The van der Waals surface area contributed by atoms with Crippen molar-refractivity contribution < 1.29 is 36.5 Å². The zero-order valence-corrected chi connectivity index (χ0v) is 9.90. The van der Waals surface area contributed by atoms with Gasteiger partial charge in [-0.3, -0.25) is 4.79 Å². The van der Waals surface area contributed by atoms with Gasteiger partial charge in [-0.25, -0.2) is 4.79 Å². The van der Waals surface area contributed by atoms with E-state index in [9.17, 15) is 9.59 Å². The number of carbonyl (C=O) groups excluding carboxylic acids is 1. The molecule has 0 radical (unpaired) electrons. The number of rotatable bonds is 3. The van der Waals surface area contributed by atoms with Gasteiger partial charge in [0.2, 0.25) is 11.5 Å². The van der Waals surface area contributed by atoms with Gasteiger partial charge in [-0.15, -0.1) is 0 Å². The summed E-state index contributed by atoms with van der Waals surface area (Å²) >= 11 is 0. The molecule has 1 aromatic carbocycles. The maximum atomic E-state index is 11.8. The van der Waals surface area contributed by atoms with Crippen molar-refractivity contribution in [2.75, 3.05) is 0 Å². The molecule has 17 heavy (non-hydrogen) atoms. The smallest absolute Gasteiger partial charge is 0.371 e. The van der Waals surface area contributed by atoms with Crippen LogP contribution in [0.5, 0.6) is 0 Å². The maximum absolute atomic E-state index is 11.8. The summed E-state index contributed by atoms with van der Waals surface area (Å²) in [5, 5.41) is 8.65. The van der Waals surface area contributed by atoms with Gasteiger partial charge in [0.1, 0.15) is 0 Å². The van der Waals surface area contributed by atoms with Crippen molar-refractivity contribution in [2.24, 2.45) is 0 Å². The van der Waals surface area contributed by atoms with Gasteiger partial charge >= 0.3 is 5.97 Å². The Labute approximate surface area is 108 Å². The van der Waals surface area contributed by atoms with Crippen molar-refractivity contribution in [3.8, 4) is 0 Å². The first kappa shape index (κ1) is 13.2. The summed E-state index contributed by atoms with van der Waals surface area (Å²) in [5.41, 5.74) is 0.466. The second kappa shape index (κ2) is 5.49. The molecule has 0 saturated carbocycles. The van der Waals surface area contributed by atoms with E-state index in [1.54, 1.807) is 30.3 Å². The minimum absolute atomic E-state index is 0. The van der Waals surface area contributed by atoms with Crippen LogP contribution in [0, 0.1) is 0 Å². The van der Waals surface area contributed by atoms with Gasteiger partial charge in [0.15, 0.2) is 5.76 Å². The Bertz CT molecular complexity index is 530. The number of aromatic carboxylic acids is 1. The molecule has 5 heteroatoms. The van der Waals surface area contributed by atoms with Crippen molar-refractivity contribution in [1.29, 1.82) is 0 Å². The number of hydrogen-bond acceptors (Lipinski definition) is 3. The van der Waals surface area contributed by atoms with Crippen LogP contribution in [0.4, 0.5) is 0 Å². The van der Waals surface area contributed by atoms with E-state index in [-0.39, 0.29) is 34.7 Å². The van der Waals surface area contributed by atoms with Crippen LogP contribution >= 0.6 is 0 Å². The number of carboxylic acids is 1.